The number of thiazole rings is 1. The second-order valence-corrected chi connectivity index (χ2v) is 6.13. The summed E-state index contributed by atoms with van der Waals surface area (Å²) in [4.78, 5) is 5.72. The summed E-state index contributed by atoms with van der Waals surface area (Å²) in [5, 5.41) is 5.32. The summed E-state index contributed by atoms with van der Waals surface area (Å²) < 4.78 is 0. The van der Waals surface area contributed by atoms with Gasteiger partial charge in [-0.25, -0.2) is 4.98 Å². The molecule has 96 valence electrons. The Bertz CT molecular complexity index is 508. The van der Waals surface area contributed by atoms with Crippen molar-refractivity contribution in [2.45, 2.75) is 32.9 Å². The van der Waals surface area contributed by atoms with Gasteiger partial charge in [-0.3, -0.25) is 0 Å². The lowest BCUT2D eigenvalue weighted by Crippen LogP contribution is -2.21. The maximum atomic E-state index is 6.15. The first-order valence-corrected chi connectivity index (χ1v) is 7.25. The molecule has 1 N–H and O–H groups in total. The first kappa shape index (κ1) is 13.5. The van der Waals surface area contributed by atoms with Crippen LogP contribution in [0.4, 0.5) is 0 Å². The van der Waals surface area contributed by atoms with Crippen LogP contribution in [0.3, 0.4) is 0 Å². The van der Waals surface area contributed by atoms with Gasteiger partial charge in [0, 0.05) is 35.1 Å². The predicted octanol–water partition coefficient (Wildman–Crippen LogP) is 3.89. The molecule has 1 heterocycles. The Labute approximate surface area is 117 Å². The minimum atomic E-state index is 0.499. The molecule has 2 nitrogen and oxygen atoms in total. The third kappa shape index (κ3) is 3.80. The fraction of sp³-hybridized carbons (Fsp3) is 0.357. The second kappa shape index (κ2) is 6.32. The van der Waals surface area contributed by atoms with Gasteiger partial charge in [-0.15, -0.1) is 11.3 Å². The van der Waals surface area contributed by atoms with Gasteiger partial charge in [0.05, 0.1) is 5.01 Å². The van der Waals surface area contributed by atoms with Crippen LogP contribution >= 0.6 is 22.9 Å². The van der Waals surface area contributed by atoms with E-state index in [1.165, 1.54) is 4.88 Å². The van der Waals surface area contributed by atoms with Crippen molar-refractivity contribution in [1.82, 2.24) is 10.3 Å². The lowest BCUT2D eigenvalue weighted by Gasteiger charge is -2.04. The summed E-state index contributed by atoms with van der Waals surface area (Å²) in [7, 11) is 0. The van der Waals surface area contributed by atoms with Crippen molar-refractivity contribution in [3.8, 4) is 0 Å². The normalized spacial score (nSPS) is 11.1. The number of rotatable bonds is 5. The van der Waals surface area contributed by atoms with E-state index in [9.17, 15) is 0 Å². The molecule has 1 aromatic carbocycles. The van der Waals surface area contributed by atoms with E-state index < -0.39 is 0 Å². The lowest BCUT2D eigenvalue weighted by molar-refractivity contribution is 0.593. The smallest absolute Gasteiger partial charge is 0.0972 e. The number of nitrogens with zero attached hydrogens (tertiary/aromatic N) is 1. The van der Waals surface area contributed by atoms with Gasteiger partial charge in [-0.1, -0.05) is 43.6 Å². The van der Waals surface area contributed by atoms with Gasteiger partial charge in [0.2, 0.25) is 0 Å². The van der Waals surface area contributed by atoms with E-state index >= 15 is 0 Å². The number of aromatic nitrogens is 1. The lowest BCUT2D eigenvalue weighted by atomic mass is 10.2. The van der Waals surface area contributed by atoms with Crippen molar-refractivity contribution in [2.24, 2.45) is 0 Å². The Morgan fingerprint density at radius 3 is 2.83 bits per heavy atom. The molecule has 0 unspecified atom stereocenters. The molecular formula is C14H17ClN2S. The Morgan fingerprint density at radius 1 is 1.33 bits per heavy atom. The van der Waals surface area contributed by atoms with E-state index in [0.717, 1.165) is 28.6 Å². The van der Waals surface area contributed by atoms with Crippen LogP contribution < -0.4 is 5.32 Å². The van der Waals surface area contributed by atoms with Crippen molar-refractivity contribution in [1.29, 1.82) is 0 Å². The summed E-state index contributed by atoms with van der Waals surface area (Å²) in [6.07, 6.45) is 2.76. The summed E-state index contributed by atoms with van der Waals surface area (Å²) in [6.45, 7) is 5.18. The van der Waals surface area contributed by atoms with Crippen LogP contribution in [0.15, 0.2) is 30.5 Å². The summed E-state index contributed by atoms with van der Waals surface area (Å²) in [5.41, 5.74) is 1.14. The molecule has 2 rings (SSSR count). The molecule has 0 radical (unpaired) electrons. The molecule has 0 atom stereocenters. The van der Waals surface area contributed by atoms with Crippen molar-refractivity contribution < 1.29 is 0 Å². The van der Waals surface area contributed by atoms with Gasteiger partial charge < -0.3 is 5.32 Å². The molecule has 0 amide bonds. The van der Waals surface area contributed by atoms with E-state index in [1.54, 1.807) is 11.3 Å². The van der Waals surface area contributed by atoms with Crippen LogP contribution in [-0.4, -0.2) is 11.0 Å². The molecule has 0 spiro atoms. The average molecular weight is 281 g/mol. The Hall–Kier alpha value is -0.900. The van der Waals surface area contributed by atoms with E-state index in [2.05, 4.69) is 30.2 Å². The van der Waals surface area contributed by atoms with Crippen LogP contribution in [0.1, 0.15) is 29.3 Å². The van der Waals surface area contributed by atoms with Crippen LogP contribution in [0.5, 0.6) is 0 Å². The first-order valence-electron chi connectivity index (χ1n) is 6.05. The monoisotopic (exact) mass is 280 g/mol. The van der Waals surface area contributed by atoms with Gasteiger partial charge in [-0.2, -0.15) is 0 Å². The quantitative estimate of drug-likeness (QED) is 0.899. The van der Waals surface area contributed by atoms with Crippen molar-refractivity contribution >= 4 is 22.9 Å². The molecule has 0 bridgehead atoms. The molecule has 2 aromatic rings. The molecule has 0 fully saturated rings. The fourth-order valence-corrected chi connectivity index (χ4v) is 2.72. The van der Waals surface area contributed by atoms with Crippen molar-refractivity contribution in [2.75, 3.05) is 0 Å². The van der Waals surface area contributed by atoms with Crippen molar-refractivity contribution in [3.05, 3.63) is 50.9 Å². The van der Waals surface area contributed by atoms with Gasteiger partial charge in [-0.05, 0) is 11.6 Å². The largest absolute Gasteiger partial charge is 0.310 e. The standard InChI is InChI=1S/C14H17ClN2S/c1-10(2)16-8-12-9-17-14(18-12)7-11-5-3-4-6-13(11)15/h3-6,9-10,16H,7-8H2,1-2H3. The third-order valence-electron chi connectivity index (χ3n) is 2.59. The Kier molecular flexibility index (Phi) is 4.75. The topological polar surface area (TPSA) is 24.9 Å². The zero-order valence-electron chi connectivity index (χ0n) is 10.6. The van der Waals surface area contributed by atoms with E-state index in [4.69, 9.17) is 11.6 Å². The number of hydrogen-bond donors (Lipinski definition) is 1. The molecule has 0 aliphatic heterocycles. The highest BCUT2D eigenvalue weighted by atomic mass is 35.5. The first-order chi connectivity index (χ1) is 8.65. The van der Waals surface area contributed by atoms with Gasteiger partial charge in [0.15, 0.2) is 0 Å². The molecule has 0 saturated heterocycles. The molecule has 1 aromatic heterocycles. The highest BCUT2D eigenvalue weighted by molar-refractivity contribution is 7.11. The highest BCUT2D eigenvalue weighted by Gasteiger charge is 2.06. The minimum absolute atomic E-state index is 0.499. The van der Waals surface area contributed by atoms with Crippen LogP contribution in [-0.2, 0) is 13.0 Å². The fourth-order valence-electron chi connectivity index (χ4n) is 1.62. The maximum Gasteiger partial charge on any atom is 0.0972 e. The third-order valence-corrected chi connectivity index (χ3v) is 3.95. The molecule has 4 heteroatoms. The van der Waals surface area contributed by atoms with Crippen LogP contribution in [0.25, 0.3) is 0 Å². The Balaban J connectivity index is 2.00. The van der Waals surface area contributed by atoms with Crippen molar-refractivity contribution in [3.63, 3.8) is 0 Å². The molecule has 18 heavy (non-hydrogen) atoms. The zero-order valence-corrected chi connectivity index (χ0v) is 12.2. The second-order valence-electron chi connectivity index (χ2n) is 4.52. The molecule has 0 aliphatic carbocycles. The maximum absolute atomic E-state index is 6.15. The highest BCUT2D eigenvalue weighted by Crippen LogP contribution is 2.21. The van der Waals surface area contributed by atoms with Crippen LogP contribution in [0, 0.1) is 0 Å². The number of nitrogens with one attached hydrogen (secondary N) is 1. The summed E-state index contributed by atoms with van der Waals surface area (Å²) in [5.74, 6) is 0. The number of halogens is 1. The van der Waals surface area contributed by atoms with E-state index in [1.807, 2.05) is 24.4 Å². The van der Waals surface area contributed by atoms with E-state index in [-0.39, 0.29) is 0 Å². The number of hydrogen-bond acceptors (Lipinski definition) is 3. The van der Waals surface area contributed by atoms with Gasteiger partial charge in [0.25, 0.3) is 0 Å². The molecular weight excluding hydrogens is 264 g/mol. The van der Waals surface area contributed by atoms with Gasteiger partial charge >= 0.3 is 0 Å². The Morgan fingerprint density at radius 2 is 2.11 bits per heavy atom. The van der Waals surface area contributed by atoms with Gasteiger partial charge in [0.1, 0.15) is 0 Å². The minimum Gasteiger partial charge on any atom is -0.310 e. The van der Waals surface area contributed by atoms with Crippen LogP contribution in [0.2, 0.25) is 5.02 Å². The SMILES string of the molecule is CC(C)NCc1cnc(Cc2ccccc2Cl)s1. The summed E-state index contributed by atoms with van der Waals surface area (Å²) in [6, 6.07) is 8.43. The molecule has 0 saturated carbocycles. The average Bonchev–Trinajstić information content (AvgIpc) is 2.77. The van der Waals surface area contributed by atoms with E-state index in [0.29, 0.717) is 6.04 Å². The predicted molar refractivity (Wildman–Crippen MR) is 78.3 cm³/mol. The zero-order chi connectivity index (χ0) is 13.0. The molecule has 0 aliphatic rings. The number of benzene rings is 1. The summed E-state index contributed by atoms with van der Waals surface area (Å²) >= 11 is 7.89.